The van der Waals surface area contributed by atoms with Crippen molar-refractivity contribution in [2.24, 2.45) is 74.5 Å². The highest BCUT2D eigenvalue weighted by Crippen LogP contribution is 2.81. The molecule has 0 amide bonds. The van der Waals surface area contributed by atoms with Gasteiger partial charge >= 0.3 is 0 Å². The molecule has 0 aromatic heterocycles. The van der Waals surface area contributed by atoms with E-state index in [9.17, 15) is 46.0 Å². The zero-order valence-electron chi connectivity index (χ0n) is 82.0. The van der Waals surface area contributed by atoms with E-state index in [1.54, 1.807) is 58.8 Å². The van der Waals surface area contributed by atoms with Crippen LogP contribution in [0.15, 0.2) is 109 Å². The number of aromatic hydroxyl groups is 4. The quantitative estimate of drug-likeness (QED) is 0.0313. The average molecular weight is 1930 g/mol. The van der Waals surface area contributed by atoms with Gasteiger partial charge in [0, 0.05) is 187 Å². The van der Waals surface area contributed by atoms with Crippen molar-refractivity contribution < 1.29 is 88.6 Å². The lowest BCUT2D eigenvalue weighted by atomic mass is 9.34. The van der Waals surface area contributed by atoms with Gasteiger partial charge in [-0.25, -0.2) is 0 Å². The van der Waals surface area contributed by atoms with Gasteiger partial charge in [0.15, 0.2) is 75.4 Å². The molecule has 5 aromatic carbocycles. The van der Waals surface area contributed by atoms with Crippen molar-refractivity contribution in [3.63, 3.8) is 0 Å². The smallest absolute Gasteiger partial charge is 0.188 e. The van der Waals surface area contributed by atoms with Crippen molar-refractivity contribution in [3.05, 3.63) is 165 Å². The van der Waals surface area contributed by atoms with Gasteiger partial charge in [0.05, 0.1) is 46.4 Å². The van der Waals surface area contributed by atoms with E-state index in [0.717, 1.165) is 161 Å². The van der Waals surface area contributed by atoms with Gasteiger partial charge in [0.2, 0.25) is 0 Å². The predicted octanol–water partition coefficient (Wildman–Crippen LogP) is 7.26. The van der Waals surface area contributed by atoms with Crippen LogP contribution in [0, 0.1) is 72.9 Å². The number of aliphatic hydroxyl groups is 5. The van der Waals surface area contributed by atoms with Crippen LogP contribution in [0.25, 0.3) is 0 Å². The molecule has 10 aliphatic heterocycles. The minimum atomic E-state index is -0.995. The Kier molecular flexibility index (Phi) is 19.9. The van der Waals surface area contributed by atoms with Gasteiger partial charge in [0.25, 0.3) is 0 Å². The largest absolute Gasteiger partial charge is 0.504 e. The van der Waals surface area contributed by atoms with E-state index in [4.69, 9.17) is 98.3 Å². The molecule has 31 rings (SSSR count). The van der Waals surface area contributed by atoms with Crippen LogP contribution in [-0.2, 0) is 73.4 Å². The van der Waals surface area contributed by atoms with Crippen molar-refractivity contribution in [3.8, 4) is 57.5 Å². The summed E-state index contributed by atoms with van der Waals surface area (Å²) in [6.07, 6.45) is 27.3. The minimum Gasteiger partial charge on any atom is -0.504 e. The average Bonchev–Trinajstić information content (AvgIpc) is 1.53. The fraction of sp³-hybridized carbons (Fsp3) is 0.602. The molecule has 5 saturated carbocycles. The third-order valence-electron chi connectivity index (χ3n) is 41.0. The SMILES string of the molecule is CO[C@]12C=C[C@@]3(C[C@@H]1C(C)(C)O)[C@H]1Cc4ccc(O)c5c4[C@@]3(CCN1C(=N)N)[C@H]2O5.CO[C@]12CC[C@@]3(C[C@@H]1C(C)(C)O)[C@H]1Cc4ccc(O)c5c4[C@@]3(CCN1C(=N)N)[C@H]2O5.COc1ccc2c3c1O[C@H]1[C@@]4(OC)C=C[C@@]5(C[C@@H]4C(C)(C)O)[C@@H](C2)N(CCC(=N)N)CC[C@]315.N=C(N)CCN1CC[C@]23c4c5ccc(O)c4O[C@H]2[C@@H](O)C=CC3[C@H]1C5.N=C(N)N1CC[C@]23c4c5ccc(O)c4O[C@H]2[C@@H](O)C=CC3[C@H]1C5. The first-order valence-electron chi connectivity index (χ1n) is 50.8. The van der Waals surface area contributed by atoms with E-state index in [1.807, 2.05) is 87.8 Å². The minimum absolute atomic E-state index is 0.00546. The van der Waals surface area contributed by atoms with E-state index in [-0.39, 0.29) is 180 Å². The third-order valence-corrected chi connectivity index (χ3v) is 41.0. The van der Waals surface area contributed by atoms with Crippen LogP contribution in [0.1, 0.15) is 174 Å². The Morgan fingerprint density at radius 3 is 1.30 bits per heavy atom. The maximum Gasteiger partial charge on any atom is 0.188 e. The second kappa shape index (κ2) is 30.3. The van der Waals surface area contributed by atoms with Crippen LogP contribution in [0.5, 0.6) is 57.5 Å². The summed E-state index contributed by atoms with van der Waals surface area (Å²) in [7, 11) is 6.89. The molecule has 8 spiro atoms. The molecular formula is C108H137N15O18. The molecular weight excluding hydrogens is 1800 g/mol. The number of phenols is 4. The molecule has 28 atom stereocenters. The molecule has 33 heteroatoms. The van der Waals surface area contributed by atoms with Crippen LogP contribution >= 0.6 is 0 Å². The number of likely N-dealkylation sites (tertiary alicyclic amines) is 5. The number of nitrogens with one attached hydrogen (secondary N) is 5. The lowest BCUT2D eigenvalue weighted by Crippen LogP contribution is -2.82. The number of fused-ring (bicyclic) bond motifs is 4. The van der Waals surface area contributed by atoms with Gasteiger partial charge < -0.3 is 132 Å². The first-order chi connectivity index (χ1) is 66.9. The number of ether oxygens (including phenoxy) is 9. The van der Waals surface area contributed by atoms with Gasteiger partial charge in [0.1, 0.15) is 59.5 Å². The summed E-state index contributed by atoms with van der Waals surface area (Å²) in [6.45, 7) is 16.6. The van der Waals surface area contributed by atoms with Gasteiger partial charge in [-0.15, -0.1) is 0 Å². The molecule has 10 heterocycles. The van der Waals surface area contributed by atoms with E-state index < -0.39 is 45.8 Å². The molecule has 10 fully saturated rings. The number of methoxy groups -OCH3 is 4. The number of piperidine rings is 5. The molecule has 0 radical (unpaired) electrons. The molecule has 33 nitrogen and oxygen atoms in total. The normalized spacial score (nSPS) is 40.4. The number of amidine groups is 2. The summed E-state index contributed by atoms with van der Waals surface area (Å²) in [6, 6.07) is 19.7. The zero-order valence-corrected chi connectivity index (χ0v) is 82.0. The summed E-state index contributed by atoms with van der Waals surface area (Å²) >= 11 is 0. The summed E-state index contributed by atoms with van der Waals surface area (Å²) < 4.78 is 57.0. The fourth-order valence-corrected chi connectivity index (χ4v) is 35.9. The predicted molar refractivity (Wildman–Crippen MR) is 523 cm³/mol. The van der Waals surface area contributed by atoms with Crippen LogP contribution < -0.4 is 57.1 Å². The highest BCUT2D eigenvalue weighted by molar-refractivity contribution is 5.81. The number of guanidine groups is 3. The molecule has 752 valence electrons. The third kappa shape index (κ3) is 11.3. The summed E-state index contributed by atoms with van der Waals surface area (Å²) in [4.78, 5) is 11.0. The van der Waals surface area contributed by atoms with E-state index in [2.05, 4.69) is 57.2 Å². The van der Waals surface area contributed by atoms with Gasteiger partial charge in [-0.2, -0.15) is 0 Å². The van der Waals surface area contributed by atoms with Crippen LogP contribution in [0.2, 0.25) is 0 Å². The Hall–Kier alpha value is -10.6. The Labute approximate surface area is 820 Å². The number of hydrogen-bond donors (Lipinski definition) is 19. The summed E-state index contributed by atoms with van der Waals surface area (Å²) in [5, 5.41) is 137. The Morgan fingerprint density at radius 1 is 0.404 bits per heavy atom. The van der Waals surface area contributed by atoms with E-state index >= 15 is 0 Å². The Balaban J connectivity index is 0.0000000959. The summed E-state index contributed by atoms with van der Waals surface area (Å²) in [5.74, 6) is 5.29. The Morgan fingerprint density at radius 2 is 0.809 bits per heavy atom. The van der Waals surface area contributed by atoms with Crippen molar-refractivity contribution >= 4 is 29.5 Å². The standard InChI is InChI=1S/C26H35N3O4.C23H31N3O4.C23H29N3O4.C19H23N3O3.C17H19N3O3/c1-23(2,30)17-14-24-8-9-26(17,32-4)22-25(24)10-12-29(11-7-19(27)28)18(24)13-15-5-6-16(31-3)21(33-22)20(15)25;2*1-20(2,28)14-11-21-6-7-23(14,29-3)18-22(21)8-9-26(19(24)25)15(21)10-12-4-5-13(27)17(30-18)16(12)22;20-15(21)5-7-22-8-6-19-11-2-4-14(24)18(19)25-17-13(23)3-1-10(16(17)19)9-12(11)22;18-16(19)20-6-5-17-9-2-4-12(22)15(17)23-14-11(21)3-1-8(13(14)17)7-10(9)20/h5-6,8-9,17-18,22,30H,7,10-14H2,1-4H3,(H3,27,28);4-5,14-15,18,27-28H,6-11H2,1-3H3,(H3,24,25);4-7,14-15,18,27-28H,8-11H2,1-3H3,(H3,24,25);1-4,11-12,14,18,23-24H,5-9H2,(H3,20,21);1-4,9-10,12,15,21-22H,5-7H2,(H3,18,19)/t17-,18-,22-,24-,25+,26-;2*14-,15-,18-,21-,22+,23-;11?,12-,14+,18+,19+;9?,10-,12+,15+,17+/m11111/s1. The lowest BCUT2D eigenvalue weighted by Gasteiger charge is -2.74. The maximum absolute atomic E-state index is 11.4. The number of rotatable bonds is 13. The highest BCUT2D eigenvalue weighted by atomic mass is 16.6. The number of phenolic OH excluding ortho intramolecular Hbond substituents is 4. The van der Waals surface area contributed by atoms with Crippen LogP contribution in [0.4, 0.5) is 0 Å². The first kappa shape index (κ1) is 92.8. The second-order valence-corrected chi connectivity index (χ2v) is 47.0. The van der Waals surface area contributed by atoms with Crippen molar-refractivity contribution in [1.29, 1.82) is 27.0 Å². The molecule has 141 heavy (non-hydrogen) atoms. The van der Waals surface area contributed by atoms with E-state index in [1.165, 1.54) is 22.3 Å². The van der Waals surface area contributed by atoms with Gasteiger partial charge in [-0.3, -0.25) is 36.8 Å². The maximum atomic E-state index is 11.4. The topological polar surface area (TPSA) is 531 Å². The lowest BCUT2D eigenvalue weighted by molar-refractivity contribution is -0.296. The van der Waals surface area contributed by atoms with Gasteiger partial charge in [-0.1, -0.05) is 78.9 Å². The molecule has 16 bridgehead atoms. The molecule has 24 N–H and O–H groups in total. The number of nitrogens with zero attached hydrogens (tertiary/aromatic N) is 5. The Bertz CT molecular complexity index is 6320. The van der Waals surface area contributed by atoms with Gasteiger partial charge in [-0.05, 0) is 209 Å². The van der Waals surface area contributed by atoms with Crippen molar-refractivity contribution in [2.75, 3.05) is 74.3 Å². The van der Waals surface area contributed by atoms with Crippen LogP contribution in [-0.4, -0.2) is 281 Å². The molecule has 26 aliphatic rings. The number of nitrogens with two attached hydrogens (primary N) is 5. The second-order valence-electron chi connectivity index (χ2n) is 47.0. The molecule has 16 aliphatic carbocycles. The fourth-order valence-electron chi connectivity index (χ4n) is 35.9. The zero-order chi connectivity index (χ0) is 99.2. The monoisotopic (exact) mass is 1930 g/mol. The molecule has 5 saturated heterocycles. The number of aliphatic hydroxyl groups excluding tert-OH is 2. The molecule has 5 aromatic rings. The number of benzene rings is 5. The van der Waals surface area contributed by atoms with Crippen molar-refractivity contribution in [2.45, 2.75) is 284 Å². The first-order valence-corrected chi connectivity index (χ1v) is 50.8. The summed E-state index contributed by atoms with van der Waals surface area (Å²) in [5.41, 5.74) is 33.8. The number of hydrogen-bond acceptors (Lipinski definition) is 25. The molecule has 2 unspecified atom stereocenters. The van der Waals surface area contributed by atoms with Crippen LogP contribution in [0.3, 0.4) is 0 Å². The highest BCUT2D eigenvalue weighted by Gasteiger charge is 2.86. The van der Waals surface area contributed by atoms with Crippen molar-refractivity contribution in [1.82, 2.24) is 24.5 Å². The van der Waals surface area contributed by atoms with E-state index in [0.29, 0.717) is 67.9 Å².